The third-order valence-electron chi connectivity index (χ3n) is 9.25. The van der Waals surface area contributed by atoms with Crippen molar-refractivity contribution in [2.24, 2.45) is 0 Å². The van der Waals surface area contributed by atoms with Gasteiger partial charge in [0.1, 0.15) is 5.58 Å². The molecule has 0 radical (unpaired) electrons. The van der Waals surface area contributed by atoms with Crippen molar-refractivity contribution in [1.82, 2.24) is 0 Å². The Kier molecular flexibility index (Phi) is 6.84. The summed E-state index contributed by atoms with van der Waals surface area (Å²) < 4.78 is 6.72. The van der Waals surface area contributed by atoms with Crippen molar-refractivity contribution in [3.05, 3.63) is 188 Å². The van der Waals surface area contributed by atoms with E-state index in [9.17, 15) is 0 Å². The highest BCUT2D eigenvalue weighted by atomic mass is 16.3. The maximum Gasteiger partial charge on any atom is 0.160 e. The third-order valence-corrected chi connectivity index (χ3v) is 9.25. The molecule has 2 heteroatoms. The van der Waals surface area contributed by atoms with Crippen LogP contribution in [0.3, 0.4) is 0 Å². The van der Waals surface area contributed by atoms with Gasteiger partial charge in [-0.1, -0.05) is 146 Å². The van der Waals surface area contributed by atoms with Gasteiger partial charge in [-0.25, -0.2) is 0 Å². The van der Waals surface area contributed by atoms with E-state index < -0.39 is 0 Å². The molecule has 1 aromatic heterocycles. The first-order valence-electron chi connectivity index (χ1n) is 16.3. The highest BCUT2D eigenvalue weighted by Gasteiger charge is 2.22. The molecule has 0 aliphatic rings. The van der Waals surface area contributed by atoms with Crippen LogP contribution in [-0.4, -0.2) is 0 Å². The molecular weight excluding hydrogens is 583 g/mol. The zero-order valence-corrected chi connectivity index (χ0v) is 26.3. The monoisotopic (exact) mass is 613 g/mol. The molecule has 0 N–H and O–H groups in total. The molecule has 0 atom stereocenters. The van der Waals surface area contributed by atoms with Gasteiger partial charge in [0.05, 0.1) is 5.69 Å². The van der Waals surface area contributed by atoms with Crippen molar-refractivity contribution in [3.63, 3.8) is 0 Å². The highest BCUT2D eigenvalue weighted by Crippen LogP contribution is 2.46. The van der Waals surface area contributed by atoms with E-state index in [2.05, 4.69) is 187 Å². The number of hydrogen-bond acceptors (Lipinski definition) is 2. The second-order valence-electron chi connectivity index (χ2n) is 12.2. The van der Waals surface area contributed by atoms with Gasteiger partial charge in [0.2, 0.25) is 0 Å². The molecule has 0 spiro atoms. The van der Waals surface area contributed by atoms with Crippen molar-refractivity contribution < 1.29 is 4.42 Å². The number of furan rings is 1. The summed E-state index contributed by atoms with van der Waals surface area (Å²) in [5.74, 6) is 0. The molecule has 1 heterocycles. The standard InChI is InChI=1S/C46H31NO/c1-3-12-32(13-4-1)34-22-26-39(27-23-34)47(40-28-24-35(25-29-40)37-18-11-17-36(30-37)33-14-5-2-6-15-33)43-31-38-16-7-8-19-41(38)45-42-20-9-10-21-44(42)48-46(43)45/h1-31H. The second-order valence-corrected chi connectivity index (χ2v) is 12.2. The summed E-state index contributed by atoms with van der Waals surface area (Å²) in [6.07, 6.45) is 0. The number of anilines is 3. The van der Waals surface area contributed by atoms with Crippen LogP contribution in [0.4, 0.5) is 17.1 Å². The number of fused-ring (bicyclic) bond motifs is 5. The molecule has 48 heavy (non-hydrogen) atoms. The van der Waals surface area contributed by atoms with Crippen LogP contribution in [0.15, 0.2) is 192 Å². The smallest absolute Gasteiger partial charge is 0.160 e. The Hall–Kier alpha value is -6.38. The normalized spacial score (nSPS) is 11.3. The molecule has 0 aliphatic carbocycles. The van der Waals surface area contributed by atoms with Gasteiger partial charge in [-0.05, 0) is 86.6 Å². The molecule has 9 rings (SSSR count). The van der Waals surface area contributed by atoms with E-state index in [1.54, 1.807) is 0 Å². The first-order chi connectivity index (χ1) is 23.8. The SMILES string of the molecule is c1ccc(-c2ccc(N(c3ccc(-c4cccc(-c5ccccc5)c4)cc3)c3cc4ccccc4c4c3oc3ccccc34)cc2)cc1. The number of rotatable bonds is 6. The van der Waals surface area contributed by atoms with E-state index in [0.717, 1.165) is 39.0 Å². The van der Waals surface area contributed by atoms with Gasteiger partial charge in [-0.15, -0.1) is 0 Å². The van der Waals surface area contributed by atoms with E-state index >= 15 is 0 Å². The lowest BCUT2D eigenvalue weighted by molar-refractivity contribution is 0.669. The molecular formula is C46H31NO. The molecule has 0 bridgehead atoms. The largest absolute Gasteiger partial charge is 0.454 e. The van der Waals surface area contributed by atoms with Crippen LogP contribution in [-0.2, 0) is 0 Å². The fourth-order valence-corrected chi connectivity index (χ4v) is 6.90. The Labute approximate surface area is 279 Å². The topological polar surface area (TPSA) is 16.4 Å². The van der Waals surface area contributed by atoms with Crippen LogP contribution < -0.4 is 4.90 Å². The van der Waals surface area contributed by atoms with Crippen LogP contribution >= 0.6 is 0 Å². The molecule has 0 fully saturated rings. The first kappa shape index (κ1) is 27.9. The molecule has 2 nitrogen and oxygen atoms in total. The van der Waals surface area contributed by atoms with E-state index in [1.807, 2.05) is 6.07 Å². The molecule has 0 amide bonds. The van der Waals surface area contributed by atoms with Crippen LogP contribution in [0.25, 0.3) is 66.1 Å². The number of hydrogen-bond donors (Lipinski definition) is 0. The second kappa shape index (κ2) is 11.8. The lowest BCUT2D eigenvalue weighted by atomic mass is 9.98. The lowest BCUT2D eigenvalue weighted by Gasteiger charge is -2.26. The Balaban J connectivity index is 1.22. The van der Waals surface area contributed by atoms with Gasteiger partial charge < -0.3 is 9.32 Å². The quantitative estimate of drug-likeness (QED) is 0.185. The minimum Gasteiger partial charge on any atom is -0.454 e. The van der Waals surface area contributed by atoms with E-state index in [1.165, 1.54) is 44.2 Å². The Morgan fingerprint density at radius 1 is 0.354 bits per heavy atom. The molecule has 9 aromatic rings. The fraction of sp³-hybridized carbons (Fsp3) is 0. The third kappa shape index (κ3) is 4.92. The molecule has 8 aromatic carbocycles. The fourth-order valence-electron chi connectivity index (χ4n) is 6.90. The minimum absolute atomic E-state index is 0.877. The minimum atomic E-state index is 0.877. The average Bonchev–Trinajstić information content (AvgIpc) is 3.57. The average molecular weight is 614 g/mol. The summed E-state index contributed by atoms with van der Waals surface area (Å²) in [6.45, 7) is 0. The molecule has 0 aliphatic heterocycles. The summed E-state index contributed by atoms with van der Waals surface area (Å²) in [4.78, 5) is 2.33. The Morgan fingerprint density at radius 3 is 1.48 bits per heavy atom. The lowest BCUT2D eigenvalue weighted by Crippen LogP contribution is -2.10. The molecule has 0 unspecified atom stereocenters. The van der Waals surface area contributed by atoms with Crippen LogP contribution in [0.5, 0.6) is 0 Å². The van der Waals surface area contributed by atoms with Gasteiger partial charge >= 0.3 is 0 Å². The number of benzene rings is 8. The van der Waals surface area contributed by atoms with Gasteiger partial charge in [0, 0.05) is 22.1 Å². The summed E-state index contributed by atoms with van der Waals surface area (Å²) >= 11 is 0. The van der Waals surface area contributed by atoms with Gasteiger partial charge in [0.15, 0.2) is 5.58 Å². The first-order valence-corrected chi connectivity index (χ1v) is 16.3. The summed E-state index contributed by atoms with van der Waals surface area (Å²) in [6, 6.07) is 66.8. The Morgan fingerprint density at radius 2 is 0.833 bits per heavy atom. The van der Waals surface area contributed by atoms with Gasteiger partial charge in [0.25, 0.3) is 0 Å². The van der Waals surface area contributed by atoms with Crippen LogP contribution in [0.2, 0.25) is 0 Å². The maximum absolute atomic E-state index is 6.72. The van der Waals surface area contributed by atoms with E-state index in [4.69, 9.17) is 4.42 Å². The van der Waals surface area contributed by atoms with Crippen molar-refractivity contribution in [2.75, 3.05) is 4.90 Å². The highest BCUT2D eigenvalue weighted by molar-refractivity contribution is 6.23. The Bertz CT molecular complexity index is 2530. The van der Waals surface area contributed by atoms with Crippen LogP contribution in [0, 0.1) is 0 Å². The summed E-state index contributed by atoms with van der Waals surface area (Å²) in [7, 11) is 0. The summed E-state index contributed by atoms with van der Waals surface area (Å²) in [5, 5.41) is 4.62. The zero-order chi connectivity index (χ0) is 31.9. The predicted octanol–water partition coefficient (Wildman–Crippen LogP) is 13.2. The number of nitrogens with zero attached hydrogens (tertiary/aromatic N) is 1. The van der Waals surface area contributed by atoms with Crippen molar-refractivity contribution >= 4 is 49.8 Å². The molecule has 226 valence electrons. The molecule has 0 saturated heterocycles. The van der Waals surface area contributed by atoms with Crippen molar-refractivity contribution in [3.8, 4) is 33.4 Å². The van der Waals surface area contributed by atoms with Gasteiger partial charge in [-0.2, -0.15) is 0 Å². The number of para-hydroxylation sites is 1. The van der Waals surface area contributed by atoms with E-state index in [0.29, 0.717) is 0 Å². The van der Waals surface area contributed by atoms with Gasteiger partial charge in [-0.3, -0.25) is 0 Å². The molecule has 0 saturated carbocycles. The van der Waals surface area contributed by atoms with Crippen LogP contribution in [0.1, 0.15) is 0 Å². The van der Waals surface area contributed by atoms with Crippen molar-refractivity contribution in [2.45, 2.75) is 0 Å². The maximum atomic E-state index is 6.72. The zero-order valence-electron chi connectivity index (χ0n) is 26.3. The van der Waals surface area contributed by atoms with Crippen molar-refractivity contribution in [1.29, 1.82) is 0 Å². The van der Waals surface area contributed by atoms with E-state index in [-0.39, 0.29) is 0 Å². The predicted molar refractivity (Wildman–Crippen MR) is 202 cm³/mol. The summed E-state index contributed by atoms with van der Waals surface area (Å²) in [5.41, 5.74) is 12.0.